The van der Waals surface area contributed by atoms with Gasteiger partial charge in [0, 0.05) is 17.6 Å². The van der Waals surface area contributed by atoms with Crippen LogP contribution in [0.5, 0.6) is 0 Å². The van der Waals surface area contributed by atoms with Crippen molar-refractivity contribution in [3.8, 4) is 0 Å². The van der Waals surface area contributed by atoms with E-state index in [0.717, 1.165) is 21.6 Å². The van der Waals surface area contributed by atoms with Gasteiger partial charge in [-0.05, 0) is 37.6 Å². The van der Waals surface area contributed by atoms with Gasteiger partial charge in [0.05, 0.1) is 16.2 Å². The third kappa shape index (κ3) is 2.94. The third-order valence-electron chi connectivity index (χ3n) is 3.11. The van der Waals surface area contributed by atoms with Gasteiger partial charge in [-0.15, -0.1) is 0 Å². The Morgan fingerprint density at radius 1 is 1.33 bits per heavy atom. The van der Waals surface area contributed by atoms with Gasteiger partial charge in [-0.2, -0.15) is 0 Å². The molecule has 1 atom stereocenters. The summed E-state index contributed by atoms with van der Waals surface area (Å²) in [5.74, 6) is 0. The predicted molar refractivity (Wildman–Crippen MR) is 79.4 cm³/mol. The van der Waals surface area contributed by atoms with E-state index in [1.165, 1.54) is 19.3 Å². The third-order valence-corrected chi connectivity index (χ3v) is 3.44. The number of fused-ring (bicyclic) bond motifs is 1. The van der Waals surface area contributed by atoms with Gasteiger partial charge in [-0.3, -0.25) is 4.98 Å². The summed E-state index contributed by atoms with van der Waals surface area (Å²) in [4.78, 5) is 4.43. The molecule has 0 fully saturated rings. The van der Waals surface area contributed by atoms with E-state index < -0.39 is 0 Å². The molecule has 0 radical (unpaired) electrons. The fourth-order valence-electron chi connectivity index (χ4n) is 2.10. The average molecular weight is 263 g/mol. The van der Waals surface area contributed by atoms with Crippen LogP contribution in [0.4, 0.5) is 5.69 Å². The Kier molecular flexibility index (Phi) is 4.43. The highest BCUT2D eigenvalue weighted by molar-refractivity contribution is 6.35. The summed E-state index contributed by atoms with van der Waals surface area (Å²) in [6.07, 6.45) is 5.45. The van der Waals surface area contributed by atoms with E-state index in [9.17, 15) is 0 Å². The highest BCUT2D eigenvalue weighted by atomic mass is 35.5. The average Bonchev–Trinajstić information content (AvgIpc) is 2.40. The summed E-state index contributed by atoms with van der Waals surface area (Å²) in [6.45, 7) is 4.42. The first-order chi connectivity index (χ1) is 8.72. The number of unbranched alkanes of at least 4 members (excludes halogenated alkanes) is 1. The zero-order valence-electron chi connectivity index (χ0n) is 10.9. The summed E-state index contributed by atoms with van der Waals surface area (Å²) in [7, 11) is 0. The largest absolute Gasteiger partial charge is 0.381 e. The van der Waals surface area contributed by atoms with Crippen LogP contribution >= 0.6 is 11.6 Å². The Morgan fingerprint density at radius 3 is 2.94 bits per heavy atom. The minimum atomic E-state index is 0.455. The Hall–Kier alpha value is -1.28. The number of benzene rings is 1. The molecule has 0 spiro atoms. The topological polar surface area (TPSA) is 24.9 Å². The van der Waals surface area contributed by atoms with Crippen LogP contribution in [-0.4, -0.2) is 11.0 Å². The molecule has 0 saturated heterocycles. The van der Waals surface area contributed by atoms with Crippen LogP contribution in [0.15, 0.2) is 30.5 Å². The van der Waals surface area contributed by atoms with Crippen LogP contribution in [0.3, 0.4) is 0 Å². The maximum Gasteiger partial charge on any atom is 0.0948 e. The molecule has 2 nitrogen and oxygen atoms in total. The lowest BCUT2D eigenvalue weighted by molar-refractivity contribution is 0.645. The normalized spacial score (nSPS) is 12.6. The molecular formula is C15H19ClN2. The molecule has 2 aromatic rings. The molecule has 1 aromatic carbocycles. The lowest BCUT2D eigenvalue weighted by Crippen LogP contribution is -2.15. The van der Waals surface area contributed by atoms with E-state index in [-0.39, 0.29) is 0 Å². The Morgan fingerprint density at radius 2 is 2.17 bits per heavy atom. The van der Waals surface area contributed by atoms with Gasteiger partial charge in [0.25, 0.3) is 0 Å². The number of aromatic nitrogens is 1. The van der Waals surface area contributed by atoms with Crippen molar-refractivity contribution in [1.29, 1.82) is 0 Å². The summed E-state index contributed by atoms with van der Waals surface area (Å²) in [6, 6.07) is 8.32. The fraction of sp³-hybridized carbons (Fsp3) is 0.400. The van der Waals surface area contributed by atoms with Crippen molar-refractivity contribution < 1.29 is 0 Å². The van der Waals surface area contributed by atoms with E-state index in [0.29, 0.717) is 6.04 Å². The van der Waals surface area contributed by atoms with Gasteiger partial charge >= 0.3 is 0 Å². The van der Waals surface area contributed by atoms with Crippen LogP contribution in [0, 0.1) is 0 Å². The first-order valence-corrected chi connectivity index (χ1v) is 6.90. The zero-order chi connectivity index (χ0) is 13.0. The van der Waals surface area contributed by atoms with Crippen molar-refractivity contribution >= 4 is 28.2 Å². The molecule has 3 heteroatoms. The van der Waals surface area contributed by atoms with Gasteiger partial charge in [-0.1, -0.05) is 31.4 Å². The molecule has 1 unspecified atom stereocenters. The summed E-state index contributed by atoms with van der Waals surface area (Å²) < 4.78 is 0. The van der Waals surface area contributed by atoms with E-state index >= 15 is 0 Å². The van der Waals surface area contributed by atoms with Gasteiger partial charge < -0.3 is 5.32 Å². The molecular weight excluding hydrogens is 244 g/mol. The molecule has 18 heavy (non-hydrogen) atoms. The maximum atomic E-state index is 6.18. The molecule has 0 aliphatic carbocycles. The molecule has 0 aliphatic heterocycles. The summed E-state index contributed by atoms with van der Waals surface area (Å²) in [5, 5.41) is 5.29. The standard InChI is InChI=1S/C15H19ClN2/c1-3-4-6-11(2)18-14-9-8-13(16)12-7-5-10-17-15(12)14/h5,7-11,18H,3-4,6H2,1-2H3. The van der Waals surface area contributed by atoms with Gasteiger partial charge in [0.2, 0.25) is 0 Å². The van der Waals surface area contributed by atoms with Gasteiger partial charge in [0.15, 0.2) is 0 Å². The minimum Gasteiger partial charge on any atom is -0.381 e. The van der Waals surface area contributed by atoms with Crippen LogP contribution in [0.25, 0.3) is 10.9 Å². The van der Waals surface area contributed by atoms with Crippen molar-refractivity contribution in [2.75, 3.05) is 5.32 Å². The lowest BCUT2D eigenvalue weighted by Gasteiger charge is -2.16. The molecule has 0 aliphatic rings. The van der Waals surface area contributed by atoms with Crippen LogP contribution < -0.4 is 5.32 Å². The van der Waals surface area contributed by atoms with E-state index in [1.54, 1.807) is 6.20 Å². The molecule has 1 heterocycles. The van der Waals surface area contributed by atoms with Crippen molar-refractivity contribution in [2.45, 2.75) is 39.2 Å². The molecule has 0 saturated carbocycles. The molecule has 0 amide bonds. The highest BCUT2D eigenvalue weighted by Gasteiger charge is 2.08. The van der Waals surface area contributed by atoms with Crippen molar-refractivity contribution in [2.24, 2.45) is 0 Å². The Labute approximate surface area is 113 Å². The first-order valence-electron chi connectivity index (χ1n) is 6.52. The molecule has 1 N–H and O–H groups in total. The second-order valence-electron chi connectivity index (χ2n) is 4.68. The Balaban J connectivity index is 2.26. The Bertz CT molecular complexity index is 525. The number of anilines is 1. The number of hydrogen-bond acceptors (Lipinski definition) is 2. The van der Waals surface area contributed by atoms with E-state index in [2.05, 4.69) is 24.1 Å². The highest BCUT2D eigenvalue weighted by Crippen LogP contribution is 2.28. The zero-order valence-corrected chi connectivity index (χ0v) is 11.7. The van der Waals surface area contributed by atoms with Gasteiger partial charge in [0.1, 0.15) is 0 Å². The van der Waals surface area contributed by atoms with Crippen LogP contribution in [0.1, 0.15) is 33.1 Å². The quantitative estimate of drug-likeness (QED) is 0.831. The van der Waals surface area contributed by atoms with Crippen molar-refractivity contribution in [1.82, 2.24) is 4.98 Å². The molecule has 96 valence electrons. The number of rotatable bonds is 5. The number of nitrogens with zero attached hydrogens (tertiary/aromatic N) is 1. The number of pyridine rings is 1. The second-order valence-corrected chi connectivity index (χ2v) is 5.09. The maximum absolute atomic E-state index is 6.18. The lowest BCUT2D eigenvalue weighted by atomic mass is 10.1. The van der Waals surface area contributed by atoms with E-state index in [4.69, 9.17) is 11.6 Å². The molecule has 2 rings (SSSR count). The van der Waals surface area contributed by atoms with Crippen molar-refractivity contribution in [3.05, 3.63) is 35.5 Å². The van der Waals surface area contributed by atoms with Crippen LogP contribution in [0.2, 0.25) is 5.02 Å². The number of halogens is 1. The van der Waals surface area contributed by atoms with Gasteiger partial charge in [-0.25, -0.2) is 0 Å². The first kappa shape index (κ1) is 13.2. The second kappa shape index (κ2) is 6.05. The predicted octanol–water partition coefficient (Wildman–Crippen LogP) is 4.88. The monoisotopic (exact) mass is 262 g/mol. The smallest absolute Gasteiger partial charge is 0.0948 e. The summed E-state index contributed by atoms with van der Waals surface area (Å²) in [5.41, 5.74) is 2.02. The minimum absolute atomic E-state index is 0.455. The number of nitrogens with one attached hydrogen (secondary N) is 1. The van der Waals surface area contributed by atoms with Crippen LogP contribution in [-0.2, 0) is 0 Å². The fourth-order valence-corrected chi connectivity index (χ4v) is 2.32. The SMILES string of the molecule is CCCCC(C)Nc1ccc(Cl)c2cccnc12. The molecule has 1 aromatic heterocycles. The molecule has 0 bridgehead atoms. The van der Waals surface area contributed by atoms with E-state index in [1.807, 2.05) is 24.3 Å². The summed E-state index contributed by atoms with van der Waals surface area (Å²) >= 11 is 6.18. The number of hydrogen-bond donors (Lipinski definition) is 1. The van der Waals surface area contributed by atoms with Crippen molar-refractivity contribution in [3.63, 3.8) is 0 Å².